The standard InChI is InChI=1S/C16H21N3O3S/c1-13-5-7-16(8-6-13)23(20,21)18-14-10-17-19(11-14)12-15-4-2-3-9-22-15/h5-8,10-11,15,18H,2-4,9,12H2,1H3. The van der Waals surface area contributed by atoms with E-state index in [2.05, 4.69) is 9.82 Å². The molecule has 124 valence electrons. The van der Waals surface area contributed by atoms with Crippen LogP contribution in [0.5, 0.6) is 0 Å². The molecule has 1 aliphatic rings. The highest BCUT2D eigenvalue weighted by molar-refractivity contribution is 7.92. The number of anilines is 1. The second-order valence-electron chi connectivity index (χ2n) is 5.86. The number of hydrogen-bond donors (Lipinski definition) is 1. The van der Waals surface area contributed by atoms with Gasteiger partial charge in [0.25, 0.3) is 10.0 Å². The van der Waals surface area contributed by atoms with E-state index in [1.165, 1.54) is 12.6 Å². The van der Waals surface area contributed by atoms with Gasteiger partial charge in [0.05, 0.1) is 29.4 Å². The van der Waals surface area contributed by atoms with Gasteiger partial charge in [0.2, 0.25) is 0 Å². The fourth-order valence-corrected chi connectivity index (χ4v) is 3.64. The van der Waals surface area contributed by atoms with Gasteiger partial charge in [-0.1, -0.05) is 17.7 Å². The summed E-state index contributed by atoms with van der Waals surface area (Å²) in [5.74, 6) is 0. The summed E-state index contributed by atoms with van der Waals surface area (Å²) in [4.78, 5) is 0.242. The molecule has 3 rings (SSSR count). The summed E-state index contributed by atoms with van der Waals surface area (Å²) in [6.45, 7) is 3.35. The van der Waals surface area contributed by atoms with Crippen LogP contribution in [0, 0.1) is 6.92 Å². The van der Waals surface area contributed by atoms with Crippen molar-refractivity contribution in [3.8, 4) is 0 Å². The summed E-state index contributed by atoms with van der Waals surface area (Å²) in [5.41, 5.74) is 1.48. The highest BCUT2D eigenvalue weighted by Crippen LogP contribution is 2.18. The zero-order valence-electron chi connectivity index (χ0n) is 13.1. The fraction of sp³-hybridized carbons (Fsp3) is 0.438. The third-order valence-electron chi connectivity index (χ3n) is 3.88. The average Bonchev–Trinajstić information content (AvgIpc) is 2.95. The van der Waals surface area contributed by atoms with Crippen molar-refractivity contribution < 1.29 is 13.2 Å². The monoisotopic (exact) mass is 335 g/mol. The minimum absolute atomic E-state index is 0.158. The van der Waals surface area contributed by atoms with Crippen LogP contribution in [0.15, 0.2) is 41.6 Å². The van der Waals surface area contributed by atoms with Crippen molar-refractivity contribution in [3.05, 3.63) is 42.2 Å². The molecule has 1 fully saturated rings. The number of aryl methyl sites for hydroxylation is 1. The Morgan fingerprint density at radius 2 is 2.09 bits per heavy atom. The smallest absolute Gasteiger partial charge is 0.261 e. The van der Waals surface area contributed by atoms with Crippen LogP contribution in [-0.4, -0.2) is 30.9 Å². The first-order valence-corrected chi connectivity index (χ1v) is 9.25. The lowest BCUT2D eigenvalue weighted by molar-refractivity contribution is 0.00401. The van der Waals surface area contributed by atoms with Gasteiger partial charge in [0, 0.05) is 12.8 Å². The zero-order chi connectivity index (χ0) is 16.3. The van der Waals surface area contributed by atoms with E-state index in [4.69, 9.17) is 4.74 Å². The fourth-order valence-electron chi connectivity index (χ4n) is 2.61. The predicted molar refractivity (Wildman–Crippen MR) is 87.8 cm³/mol. The van der Waals surface area contributed by atoms with Gasteiger partial charge in [-0.15, -0.1) is 0 Å². The van der Waals surface area contributed by atoms with E-state index >= 15 is 0 Å². The Kier molecular flexibility index (Phi) is 4.68. The molecule has 0 saturated carbocycles. The first-order chi connectivity index (χ1) is 11.0. The maximum absolute atomic E-state index is 12.3. The van der Waals surface area contributed by atoms with E-state index in [1.807, 2.05) is 6.92 Å². The Hall–Kier alpha value is -1.86. The quantitative estimate of drug-likeness (QED) is 0.911. The van der Waals surface area contributed by atoms with E-state index in [0.29, 0.717) is 12.2 Å². The number of rotatable bonds is 5. The SMILES string of the molecule is Cc1ccc(S(=O)(=O)Nc2cnn(CC3CCCCO3)c2)cc1. The normalized spacial score (nSPS) is 18.7. The molecule has 1 aromatic heterocycles. The van der Waals surface area contributed by atoms with E-state index in [1.54, 1.807) is 35.1 Å². The van der Waals surface area contributed by atoms with E-state index in [9.17, 15) is 8.42 Å². The molecule has 2 aromatic rings. The number of nitrogens with one attached hydrogen (secondary N) is 1. The van der Waals surface area contributed by atoms with E-state index in [0.717, 1.165) is 25.0 Å². The summed E-state index contributed by atoms with van der Waals surface area (Å²) < 4.78 is 34.6. The third-order valence-corrected chi connectivity index (χ3v) is 5.28. The number of nitrogens with zero attached hydrogens (tertiary/aromatic N) is 2. The molecule has 23 heavy (non-hydrogen) atoms. The molecule has 0 amide bonds. The molecule has 1 atom stereocenters. The molecule has 7 heteroatoms. The third kappa shape index (κ3) is 4.11. The maximum atomic E-state index is 12.3. The van der Waals surface area contributed by atoms with Gasteiger partial charge >= 0.3 is 0 Å². The molecule has 2 heterocycles. The van der Waals surface area contributed by atoms with Crippen LogP contribution in [0.3, 0.4) is 0 Å². The predicted octanol–water partition coefficient (Wildman–Crippen LogP) is 2.56. The molecule has 0 aliphatic carbocycles. The summed E-state index contributed by atoms with van der Waals surface area (Å²) in [5, 5.41) is 4.21. The second-order valence-corrected chi connectivity index (χ2v) is 7.54. The maximum Gasteiger partial charge on any atom is 0.261 e. The van der Waals surface area contributed by atoms with Gasteiger partial charge in [-0.05, 0) is 38.3 Å². The van der Waals surface area contributed by atoms with Crippen molar-refractivity contribution in [2.24, 2.45) is 0 Å². The number of sulfonamides is 1. The Labute approximate surface area is 136 Å². The minimum Gasteiger partial charge on any atom is -0.376 e. The van der Waals surface area contributed by atoms with Crippen LogP contribution in [-0.2, 0) is 21.3 Å². The van der Waals surface area contributed by atoms with Gasteiger partial charge in [-0.3, -0.25) is 9.40 Å². The van der Waals surface area contributed by atoms with Crippen molar-refractivity contribution in [1.29, 1.82) is 0 Å². The number of hydrogen-bond acceptors (Lipinski definition) is 4. The van der Waals surface area contributed by atoms with E-state index in [-0.39, 0.29) is 11.0 Å². The highest BCUT2D eigenvalue weighted by Gasteiger charge is 2.17. The molecule has 1 unspecified atom stereocenters. The number of aromatic nitrogens is 2. The lowest BCUT2D eigenvalue weighted by Crippen LogP contribution is -2.24. The topological polar surface area (TPSA) is 73.2 Å². The second kappa shape index (κ2) is 6.72. The van der Waals surface area contributed by atoms with Crippen LogP contribution in [0.4, 0.5) is 5.69 Å². The van der Waals surface area contributed by atoms with E-state index < -0.39 is 10.0 Å². The van der Waals surface area contributed by atoms with Gasteiger partial charge < -0.3 is 4.74 Å². The number of ether oxygens (including phenoxy) is 1. The average molecular weight is 335 g/mol. The molecule has 0 radical (unpaired) electrons. The molecule has 6 nitrogen and oxygen atoms in total. The lowest BCUT2D eigenvalue weighted by atomic mass is 10.1. The first kappa shape index (κ1) is 16.0. The Morgan fingerprint density at radius 1 is 1.30 bits per heavy atom. The lowest BCUT2D eigenvalue weighted by Gasteiger charge is -2.22. The van der Waals surface area contributed by atoms with Crippen LogP contribution < -0.4 is 4.72 Å². The summed E-state index contributed by atoms with van der Waals surface area (Å²) in [6.07, 6.45) is 6.67. The molecular formula is C16H21N3O3S. The van der Waals surface area contributed by atoms with Crippen LogP contribution in [0.1, 0.15) is 24.8 Å². The van der Waals surface area contributed by atoms with Crippen LogP contribution in [0.25, 0.3) is 0 Å². The van der Waals surface area contributed by atoms with Crippen molar-refractivity contribution in [1.82, 2.24) is 9.78 Å². The molecule has 1 aliphatic heterocycles. The highest BCUT2D eigenvalue weighted by atomic mass is 32.2. The Morgan fingerprint density at radius 3 is 2.78 bits per heavy atom. The Balaban J connectivity index is 1.67. The summed E-state index contributed by atoms with van der Waals surface area (Å²) in [6, 6.07) is 6.74. The molecule has 1 saturated heterocycles. The van der Waals surface area contributed by atoms with Crippen molar-refractivity contribution in [2.75, 3.05) is 11.3 Å². The molecule has 0 bridgehead atoms. The van der Waals surface area contributed by atoms with Gasteiger partial charge in [-0.2, -0.15) is 5.10 Å². The van der Waals surface area contributed by atoms with Crippen LogP contribution in [0.2, 0.25) is 0 Å². The van der Waals surface area contributed by atoms with Gasteiger partial charge in [0.15, 0.2) is 0 Å². The van der Waals surface area contributed by atoms with Gasteiger partial charge in [-0.25, -0.2) is 8.42 Å². The number of benzene rings is 1. The van der Waals surface area contributed by atoms with Crippen molar-refractivity contribution in [2.45, 2.75) is 43.7 Å². The first-order valence-electron chi connectivity index (χ1n) is 7.76. The molecular weight excluding hydrogens is 314 g/mol. The van der Waals surface area contributed by atoms with Crippen molar-refractivity contribution in [3.63, 3.8) is 0 Å². The van der Waals surface area contributed by atoms with Gasteiger partial charge in [0.1, 0.15) is 0 Å². The summed E-state index contributed by atoms with van der Waals surface area (Å²) >= 11 is 0. The molecule has 1 N–H and O–H groups in total. The largest absolute Gasteiger partial charge is 0.376 e. The Bertz CT molecular complexity index is 747. The zero-order valence-corrected chi connectivity index (χ0v) is 13.9. The van der Waals surface area contributed by atoms with Crippen LogP contribution >= 0.6 is 0 Å². The van der Waals surface area contributed by atoms with Crippen molar-refractivity contribution >= 4 is 15.7 Å². The summed E-state index contributed by atoms with van der Waals surface area (Å²) in [7, 11) is -3.58. The molecule has 0 spiro atoms. The molecule has 1 aromatic carbocycles. The minimum atomic E-state index is -3.58.